The van der Waals surface area contributed by atoms with Gasteiger partial charge in [0.1, 0.15) is 0 Å². The van der Waals surface area contributed by atoms with Crippen LogP contribution in [0.5, 0.6) is 0 Å². The molecule has 2 rings (SSSR count). The van der Waals surface area contributed by atoms with E-state index in [1.54, 1.807) is 25.0 Å². The van der Waals surface area contributed by atoms with Crippen LogP contribution in [0.1, 0.15) is 5.69 Å². The molecule has 0 atom stereocenters. The number of nitrogens with zero attached hydrogens (tertiary/aromatic N) is 2. The molecule has 0 aromatic carbocycles. The summed E-state index contributed by atoms with van der Waals surface area (Å²) in [6.07, 6.45) is 8.59. The minimum atomic E-state index is 1.04. The number of hydrogen-bond acceptors (Lipinski definition) is 2. The summed E-state index contributed by atoms with van der Waals surface area (Å²) in [7, 11) is 0. The Morgan fingerprint density at radius 2 is 2.18 bits per heavy atom. The molecular formula is C7H10N4. The number of rotatable bonds is 0. The van der Waals surface area contributed by atoms with E-state index in [-0.39, 0.29) is 0 Å². The highest BCUT2D eigenvalue weighted by Gasteiger charge is 1.74. The SMILES string of the molecule is Cc1c[nH]cn1.c1c[nH]cn1. The zero-order chi connectivity index (χ0) is 7.94. The van der Waals surface area contributed by atoms with Crippen molar-refractivity contribution in [1.82, 2.24) is 19.9 Å². The number of H-pyrrole nitrogens is 2. The molecule has 0 radical (unpaired) electrons. The molecule has 11 heavy (non-hydrogen) atoms. The van der Waals surface area contributed by atoms with Crippen LogP contribution in [0.3, 0.4) is 0 Å². The van der Waals surface area contributed by atoms with Gasteiger partial charge < -0.3 is 9.97 Å². The number of aryl methyl sites for hydroxylation is 1. The molecule has 4 heteroatoms. The number of aromatic amines is 2. The van der Waals surface area contributed by atoms with Gasteiger partial charge in [-0.2, -0.15) is 0 Å². The fourth-order valence-electron chi connectivity index (χ4n) is 0.549. The standard InChI is InChI=1S/C4H6N2.C3H4N2/c1-4-2-5-3-6-4;1-2-5-3-4-1/h2-3H,1H3,(H,5,6);1-3H,(H,4,5). The minimum absolute atomic E-state index is 1.04. The molecule has 0 fully saturated rings. The second-order valence-corrected chi connectivity index (χ2v) is 1.97. The Labute approximate surface area is 64.7 Å². The van der Waals surface area contributed by atoms with Crippen molar-refractivity contribution >= 4 is 0 Å². The first-order chi connectivity index (χ1) is 5.39. The van der Waals surface area contributed by atoms with Crippen LogP contribution in [0.2, 0.25) is 0 Å². The number of hydrogen-bond donors (Lipinski definition) is 2. The van der Waals surface area contributed by atoms with Crippen LogP contribution < -0.4 is 0 Å². The van der Waals surface area contributed by atoms with Gasteiger partial charge >= 0.3 is 0 Å². The topological polar surface area (TPSA) is 57.4 Å². The number of imidazole rings is 2. The highest BCUT2D eigenvalue weighted by molar-refractivity contribution is 4.87. The maximum Gasteiger partial charge on any atom is 0.0922 e. The van der Waals surface area contributed by atoms with Crippen LogP contribution in [-0.2, 0) is 0 Å². The van der Waals surface area contributed by atoms with Crippen molar-refractivity contribution in [3.8, 4) is 0 Å². The van der Waals surface area contributed by atoms with E-state index in [2.05, 4.69) is 19.9 Å². The third-order valence-corrected chi connectivity index (χ3v) is 1.04. The van der Waals surface area contributed by atoms with E-state index in [1.807, 2.05) is 13.1 Å². The van der Waals surface area contributed by atoms with E-state index in [0.717, 1.165) is 5.69 Å². The lowest BCUT2D eigenvalue weighted by atomic mass is 10.6. The van der Waals surface area contributed by atoms with E-state index < -0.39 is 0 Å². The molecule has 58 valence electrons. The monoisotopic (exact) mass is 150 g/mol. The molecule has 0 saturated heterocycles. The van der Waals surface area contributed by atoms with Gasteiger partial charge in [-0.25, -0.2) is 9.97 Å². The van der Waals surface area contributed by atoms with Gasteiger partial charge in [0, 0.05) is 18.6 Å². The lowest BCUT2D eigenvalue weighted by Crippen LogP contribution is -1.59. The first-order valence-electron chi connectivity index (χ1n) is 3.27. The summed E-state index contributed by atoms with van der Waals surface area (Å²) in [6, 6.07) is 0. The molecule has 4 nitrogen and oxygen atoms in total. The summed E-state index contributed by atoms with van der Waals surface area (Å²) in [5.74, 6) is 0. The lowest BCUT2D eigenvalue weighted by Gasteiger charge is -1.64. The largest absolute Gasteiger partial charge is 0.351 e. The molecule has 0 aliphatic heterocycles. The predicted molar refractivity (Wildman–Crippen MR) is 41.9 cm³/mol. The van der Waals surface area contributed by atoms with E-state index >= 15 is 0 Å². The molecule has 2 aromatic heterocycles. The van der Waals surface area contributed by atoms with Crippen LogP contribution in [0.4, 0.5) is 0 Å². The third-order valence-electron chi connectivity index (χ3n) is 1.04. The van der Waals surface area contributed by atoms with Crippen molar-refractivity contribution in [2.75, 3.05) is 0 Å². The van der Waals surface area contributed by atoms with E-state index in [4.69, 9.17) is 0 Å². The van der Waals surface area contributed by atoms with Crippen molar-refractivity contribution in [3.63, 3.8) is 0 Å². The van der Waals surface area contributed by atoms with Crippen molar-refractivity contribution in [2.24, 2.45) is 0 Å². The fourth-order valence-corrected chi connectivity index (χ4v) is 0.549. The normalized spacial score (nSPS) is 8.45. The highest BCUT2D eigenvalue weighted by Crippen LogP contribution is 1.81. The van der Waals surface area contributed by atoms with Crippen molar-refractivity contribution in [1.29, 1.82) is 0 Å². The van der Waals surface area contributed by atoms with Gasteiger partial charge in [0.2, 0.25) is 0 Å². The van der Waals surface area contributed by atoms with Crippen molar-refractivity contribution in [2.45, 2.75) is 6.92 Å². The maximum atomic E-state index is 3.86. The summed E-state index contributed by atoms with van der Waals surface area (Å²) in [5, 5.41) is 0. The first-order valence-corrected chi connectivity index (χ1v) is 3.27. The number of aromatic nitrogens is 4. The van der Waals surface area contributed by atoms with Crippen LogP contribution in [0.15, 0.2) is 31.2 Å². The molecule has 0 spiro atoms. The molecule has 2 aromatic rings. The van der Waals surface area contributed by atoms with E-state index in [9.17, 15) is 0 Å². The van der Waals surface area contributed by atoms with E-state index in [1.165, 1.54) is 0 Å². The Morgan fingerprint density at radius 3 is 2.36 bits per heavy atom. The number of nitrogens with one attached hydrogen (secondary N) is 2. The highest BCUT2D eigenvalue weighted by atomic mass is 14.8. The second-order valence-electron chi connectivity index (χ2n) is 1.97. The van der Waals surface area contributed by atoms with Crippen LogP contribution in [-0.4, -0.2) is 19.9 Å². The Morgan fingerprint density at radius 1 is 1.27 bits per heavy atom. The summed E-state index contributed by atoms with van der Waals surface area (Å²) in [4.78, 5) is 13.1. The summed E-state index contributed by atoms with van der Waals surface area (Å²) < 4.78 is 0. The van der Waals surface area contributed by atoms with E-state index in [0.29, 0.717) is 0 Å². The third kappa shape index (κ3) is 3.20. The summed E-state index contributed by atoms with van der Waals surface area (Å²) in [6.45, 7) is 1.94. The zero-order valence-corrected chi connectivity index (χ0v) is 6.28. The van der Waals surface area contributed by atoms with Crippen molar-refractivity contribution in [3.05, 3.63) is 36.9 Å². The van der Waals surface area contributed by atoms with Gasteiger partial charge in [-0.05, 0) is 6.92 Å². The van der Waals surface area contributed by atoms with Gasteiger partial charge in [0.05, 0.1) is 18.3 Å². The Hall–Kier alpha value is -1.58. The van der Waals surface area contributed by atoms with Gasteiger partial charge in [-0.3, -0.25) is 0 Å². The van der Waals surface area contributed by atoms with Crippen LogP contribution in [0.25, 0.3) is 0 Å². The molecule has 0 saturated carbocycles. The van der Waals surface area contributed by atoms with Gasteiger partial charge in [-0.1, -0.05) is 0 Å². The van der Waals surface area contributed by atoms with Crippen molar-refractivity contribution < 1.29 is 0 Å². The fraction of sp³-hybridized carbons (Fsp3) is 0.143. The first kappa shape index (κ1) is 7.53. The average Bonchev–Trinajstić information content (AvgIpc) is 2.57. The molecule has 0 amide bonds. The summed E-state index contributed by atoms with van der Waals surface area (Å²) >= 11 is 0. The van der Waals surface area contributed by atoms with Crippen LogP contribution in [0, 0.1) is 6.92 Å². The lowest BCUT2D eigenvalue weighted by molar-refractivity contribution is 1.25. The minimum Gasteiger partial charge on any atom is -0.351 e. The van der Waals surface area contributed by atoms with Crippen LogP contribution >= 0.6 is 0 Å². The summed E-state index contributed by atoms with van der Waals surface area (Å²) in [5.41, 5.74) is 1.04. The molecule has 0 aliphatic carbocycles. The molecule has 2 N–H and O–H groups in total. The predicted octanol–water partition coefficient (Wildman–Crippen LogP) is 1.13. The molecular weight excluding hydrogens is 140 g/mol. The molecule has 2 heterocycles. The Bertz CT molecular complexity index is 229. The molecule has 0 unspecified atom stereocenters. The average molecular weight is 150 g/mol. The van der Waals surface area contributed by atoms with Gasteiger partial charge in [0.15, 0.2) is 0 Å². The zero-order valence-electron chi connectivity index (χ0n) is 6.28. The second kappa shape index (κ2) is 4.27. The molecule has 0 aliphatic rings. The van der Waals surface area contributed by atoms with Gasteiger partial charge in [0.25, 0.3) is 0 Å². The quantitative estimate of drug-likeness (QED) is 0.591. The Kier molecular flexibility index (Phi) is 2.92. The smallest absolute Gasteiger partial charge is 0.0922 e. The maximum absolute atomic E-state index is 3.86. The Balaban J connectivity index is 0.000000112. The molecule has 0 bridgehead atoms. The van der Waals surface area contributed by atoms with Gasteiger partial charge in [-0.15, -0.1) is 0 Å².